The molecule has 0 bridgehead atoms. The zero-order valence-electron chi connectivity index (χ0n) is 7.43. The van der Waals surface area contributed by atoms with E-state index in [1.165, 1.54) is 18.3 Å². The molecule has 15 heavy (non-hydrogen) atoms. The van der Waals surface area contributed by atoms with E-state index in [9.17, 15) is 20.0 Å². The SMILES string of the molecule is O=c1cc[nH]c2c(O)c([N+](=O)[O-])ccc12. The van der Waals surface area contributed by atoms with Crippen LogP contribution in [-0.4, -0.2) is 15.0 Å². The highest BCUT2D eigenvalue weighted by Crippen LogP contribution is 2.30. The summed E-state index contributed by atoms with van der Waals surface area (Å²) in [5.74, 6) is -0.518. The maximum absolute atomic E-state index is 11.3. The fourth-order valence-corrected chi connectivity index (χ4v) is 1.37. The first kappa shape index (κ1) is 9.20. The molecular formula is C9H6N2O4. The third-order valence-corrected chi connectivity index (χ3v) is 2.08. The number of nitro groups is 1. The number of aromatic hydroxyl groups is 1. The Labute approximate surface area is 82.9 Å². The predicted octanol–water partition coefficient (Wildman–Crippen LogP) is 1.14. The highest BCUT2D eigenvalue weighted by molar-refractivity contribution is 5.87. The molecule has 0 aliphatic heterocycles. The zero-order chi connectivity index (χ0) is 11.0. The van der Waals surface area contributed by atoms with E-state index in [0.29, 0.717) is 0 Å². The topological polar surface area (TPSA) is 96.2 Å². The van der Waals surface area contributed by atoms with Crippen molar-refractivity contribution in [2.75, 3.05) is 0 Å². The van der Waals surface area contributed by atoms with E-state index in [-0.39, 0.29) is 16.3 Å². The smallest absolute Gasteiger partial charge is 0.312 e. The van der Waals surface area contributed by atoms with E-state index in [1.807, 2.05) is 0 Å². The van der Waals surface area contributed by atoms with E-state index in [1.54, 1.807) is 0 Å². The molecule has 0 saturated carbocycles. The van der Waals surface area contributed by atoms with E-state index in [0.717, 1.165) is 6.07 Å². The summed E-state index contributed by atoms with van der Waals surface area (Å²) < 4.78 is 0. The molecular weight excluding hydrogens is 200 g/mol. The number of fused-ring (bicyclic) bond motifs is 1. The molecule has 0 spiro atoms. The van der Waals surface area contributed by atoms with Crippen molar-refractivity contribution >= 4 is 16.6 Å². The standard InChI is InChI=1S/C9H6N2O4/c12-7-3-4-10-8-5(7)1-2-6(9(8)13)11(14)15/h1-4,13H,(H,10,12). The molecule has 1 aromatic heterocycles. The summed E-state index contributed by atoms with van der Waals surface area (Å²) >= 11 is 0. The van der Waals surface area contributed by atoms with Crippen LogP contribution in [0.15, 0.2) is 29.2 Å². The number of hydrogen-bond donors (Lipinski definition) is 2. The maximum atomic E-state index is 11.3. The molecule has 0 radical (unpaired) electrons. The first-order chi connectivity index (χ1) is 7.11. The van der Waals surface area contributed by atoms with Gasteiger partial charge >= 0.3 is 5.69 Å². The van der Waals surface area contributed by atoms with Crippen LogP contribution in [0.4, 0.5) is 5.69 Å². The Kier molecular flexibility index (Phi) is 1.89. The number of hydrogen-bond acceptors (Lipinski definition) is 4. The summed E-state index contributed by atoms with van der Waals surface area (Å²) in [6.45, 7) is 0. The van der Waals surface area contributed by atoms with Crippen LogP contribution in [0.2, 0.25) is 0 Å². The molecule has 1 heterocycles. The lowest BCUT2D eigenvalue weighted by Gasteiger charge is -2.00. The van der Waals surface area contributed by atoms with Gasteiger partial charge in [0, 0.05) is 23.7 Å². The number of phenols is 1. The number of benzene rings is 1. The minimum Gasteiger partial charge on any atom is -0.501 e. The van der Waals surface area contributed by atoms with Gasteiger partial charge in [-0.05, 0) is 6.07 Å². The molecule has 76 valence electrons. The molecule has 0 aliphatic rings. The normalized spacial score (nSPS) is 10.4. The lowest BCUT2D eigenvalue weighted by molar-refractivity contribution is -0.385. The average molecular weight is 206 g/mol. The fourth-order valence-electron chi connectivity index (χ4n) is 1.37. The van der Waals surface area contributed by atoms with Crippen molar-refractivity contribution in [2.24, 2.45) is 0 Å². The van der Waals surface area contributed by atoms with Crippen molar-refractivity contribution in [1.29, 1.82) is 0 Å². The number of rotatable bonds is 1. The minimum atomic E-state index is -0.708. The van der Waals surface area contributed by atoms with Gasteiger partial charge in [0.25, 0.3) is 0 Å². The summed E-state index contributed by atoms with van der Waals surface area (Å²) in [5.41, 5.74) is -0.644. The zero-order valence-corrected chi connectivity index (χ0v) is 7.43. The van der Waals surface area contributed by atoms with E-state index in [4.69, 9.17) is 0 Å². The number of nitrogens with one attached hydrogen (secondary N) is 1. The summed E-state index contributed by atoms with van der Waals surface area (Å²) in [4.78, 5) is 23.7. The Hall–Kier alpha value is -2.37. The Morgan fingerprint density at radius 3 is 2.73 bits per heavy atom. The van der Waals surface area contributed by atoms with Crippen molar-refractivity contribution < 1.29 is 10.0 Å². The van der Waals surface area contributed by atoms with Crippen LogP contribution in [0.25, 0.3) is 10.9 Å². The van der Waals surface area contributed by atoms with Crippen molar-refractivity contribution in [3.05, 3.63) is 44.7 Å². The van der Waals surface area contributed by atoms with Gasteiger partial charge in [0.15, 0.2) is 5.43 Å². The second-order valence-electron chi connectivity index (χ2n) is 2.95. The Balaban J connectivity index is 2.92. The van der Waals surface area contributed by atoms with Gasteiger partial charge < -0.3 is 10.1 Å². The molecule has 0 amide bonds. The number of aromatic nitrogens is 1. The number of phenolic OH excluding ortho intramolecular Hbond substituents is 1. The van der Waals surface area contributed by atoms with E-state index in [2.05, 4.69) is 4.98 Å². The van der Waals surface area contributed by atoms with Crippen LogP contribution in [0.3, 0.4) is 0 Å². The number of H-pyrrole nitrogens is 1. The summed E-state index contributed by atoms with van der Waals surface area (Å²) in [6, 6.07) is 3.70. The summed E-state index contributed by atoms with van der Waals surface area (Å²) in [7, 11) is 0. The molecule has 2 aromatic rings. The summed E-state index contributed by atoms with van der Waals surface area (Å²) in [6.07, 6.45) is 1.33. The van der Waals surface area contributed by atoms with Gasteiger partial charge in [0.1, 0.15) is 0 Å². The highest BCUT2D eigenvalue weighted by atomic mass is 16.6. The van der Waals surface area contributed by atoms with Gasteiger partial charge in [0.2, 0.25) is 5.75 Å². The Bertz CT molecular complexity index is 603. The van der Waals surface area contributed by atoms with Crippen LogP contribution < -0.4 is 5.43 Å². The van der Waals surface area contributed by atoms with Gasteiger partial charge in [-0.15, -0.1) is 0 Å². The lowest BCUT2D eigenvalue weighted by atomic mass is 10.2. The monoisotopic (exact) mass is 206 g/mol. The van der Waals surface area contributed by atoms with Crippen molar-refractivity contribution in [1.82, 2.24) is 4.98 Å². The van der Waals surface area contributed by atoms with Crippen LogP contribution in [0.5, 0.6) is 5.75 Å². The van der Waals surface area contributed by atoms with E-state index >= 15 is 0 Å². The van der Waals surface area contributed by atoms with Gasteiger partial charge in [-0.2, -0.15) is 0 Å². The van der Waals surface area contributed by atoms with Crippen LogP contribution in [0.1, 0.15) is 0 Å². The third-order valence-electron chi connectivity index (χ3n) is 2.08. The van der Waals surface area contributed by atoms with Gasteiger partial charge in [-0.3, -0.25) is 14.9 Å². The van der Waals surface area contributed by atoms with Crippen LogP contribution in [0, 0.1) is 10.1 Å². The van der Waals surface area contributed by atoms with Crippen molar-refractivity contribution in [2.45, 2.75) is 0 Å². The van der Waals surface area contributed by atoms with E-state index < -0.39 is 16.4 Å². The molecule has 6 nitrogen and oxygen atoms in total. The Morgan fingerprint density at radius 1 is 1.33 bits per heavy atom. The predicted molar refractivity (Wildman–Crippen MR) is 52.9 cm³/mol. The lowest BCUT2D eigenvalue weighted by Crippen LogP contribution is -2.00. The first-order valence-electron chi connectivity index (χ1n) is 4.09. The number of nitrogens with zero attached hydrogens (tertiary/aromatic N) is 1. The number of aromatic amines is 1. The van der Waals surface area contributed by atoms with Crippen molar-refractivity contribution in [3.63, 3.8) is 0 Å². The molecule has 1 aromatic carbocycles. The largest absolute Gasteiger partial charge is 0.501 e. The molecule has 2 N–H and O–H groups in total. The minimum absolute atomic E-state index is 0.0803. The molecule has 0 aliphatic carbocycles. The molecule has 0 atom stereocenters. The second kappa shape index (κ2) is 3.09. The molecule has 6 heteroatoms. The van der Waals surface area contributed by atoms with Gasteiger partial charge in [0.05, 0.1) is 10.4 Å². The average Bonchev–Trinajstić information content (AvgIpc) is 2.19. The number of pyridine rings is 1. The van der Waals surface area contributed by atoms with Gasteiger partial charge in [-0.25, -0.2) is 0 Å². The third kappa shape index (κ3) is 1.32. The van der Waals surface area contributed by atoms with Crippen molar-refractivity contribution in [3.8, 4) is 5.75 Å². The fraction of sp³-hybridized carbons (Fsp3) is 0. The number of nitro benzene ring substituents is 1. The van der Waals surface area contributed by atoms with Crippen LogP contribution in [-0.2, 0) is 0 Å². The van der Waals surface area contributed by atoms with Gasteiger partial charge in [-0.1, -0.05) is 0 Å². The highest BCUT2D eigenvalue weighted by Gasteiger charge is 2.16. The molecule has 0 unspecified atom stereocenters. The van der Waals surface area contributed by atoms with Crippen LogP contribution >= 0.6 is 0 Å². The molecule has 2 rings (SSSR count). The molecule has 0 saturated heterocycles. The quantitative estimate of drug-likeness (QED) is 0.540. The molecule has 0 fully saturated rings. The second-order valence-corrected chi connectivity index (χ2v) is 2.95. The summed E-state index contributed by atoms with van der Waals surface area (Å²) in [5, 5.41) is 20.3. The maximum Gasteiger partial charge on any atom is 0.312 e. The first-order valence-corrected chi connectivity index (χ1v) is 4.09. The Morgan fingerprint density at radius 2 is 2.07 bits per heavy atom.